The van der Waals surface area contributed by atoms with Gasteiger partial charge in [-0.25, -0.2) is 0 Å². The third kappa shape index (κ3) is 6.66. The Morgan fingerprint density at radius 2 is 0.662 bits per heavy atom. The lowest BCUT2D eigenvalue weighted by atomic mass is 9.33. The van der Waals surface area contributed by atoms with Crippen molar-refractivity contribution in [2.45, 2.75) is 40.0 Å². The molecule has 0 bridgehead atoms. The van der Waals surface area contributed by atoms with Gasteiger partial charge in [-0.2, -0.15) is 0 Å². The predicted octanol–water partition coefficient (Wildman–Crippen LogP) is 17.2. The molecular formula is C72H55BN4. The van der Waals surface area contributed by atoms with E-state index >= 15 is 0 Å². The van der Waals surface area contributed by atoms with Crippen molar-refractivity contribution in [1.29, 1.82) is 0 Å². The van der Waals surface area contributed by atoms with Gasteiger partial charge in [0.1, 0.15) is 0 Å². The van der Waals surface area contributed by atoms with Crippen molar-refractivity contribution in [3.8, 4) is 33.6 Å². The van der Waals surface area contributed by atoms with Crippen LogP contribution in [0.25, 0.3) is 77.2 Å². The molecule has 2 aliphatic rings. The van der Waals surface area contributed by atoms with Gasteiger partial charge in [0, 0.05) is 55.4 Å². The number of anilines is 6. The second-order valence-electron chi connectivity index (χ2n) is 22.1. The van der Waals surface area contributed by atoms with Crippen molar-refractivity contribution in [3.05, 3.63) is 259 Å². The number of para-hydroxylation sites is 6. The smallest absolute Gasteiger partial charge is 0.252 e. The summed E-state index contributed by atoms with van der Waals surface area (Å²) in [6, 6.07) is 90.5. The fraction of sp³-hybridized carbons (Fsp3) is 0.0833. The molecule has 4 nitrogen and oxygen atoms in total. The summed E-state index contributed by atoms with van der Waals surface area (Å²) in [5.74, 6) is 0. The summed E-state index contributed by atoms with van der Waals surface area (Å²) >= 11 is 0. The molecule has 2 aliphatic heterocycles. The zero-order valence-corrected chi connectivity index (χ0v) is 44.0. The molecule has 0 saturated carbocycles. The molecule has 13 aromatic rings. The highest BCUT2D eigenvalue weighted by Gasteiger charge is 2.46. The molecule has 11 aromatic carbocycles. The molecule has 0 saturated heterocycles. The van der Waals surface area contributed by atoms with E-state index in [-0.39, 0.29) is 12.1 Å². The van der Waals surface area contributed by atoms with Gasteiger partial charge in [-0.15, -0.1) is 0 Å². The minimum Gasteiger partial charge on any atom is -0.310 e. The van der Waals surface area contributed by atoms with Crippen LogP contribution < -0.4 is 26.2 Å². The molecular weight excluding hydrogens is 932 g/mol. The van der Waals surface area contributed by atoms with Gasteiger partial charge in [0.15, 0.2) is 0 Å². The molecule has 0 N–H and O–H groups in total. The highest BCUT2D eigenvalue weighted by molar-refractivity contribution is 7.00. The zero-order valence-electron chi connectivity index (χ0n) is 44.0. The van der Waals surface area contributed by atoms with E-state index in [2.05, 4.69) is 296 Å². The van der Waals surface area contributed by atoms with Crippen molar-refractivity contribution >= 4 is 101 Å². The minimum absolute atomic E-state index is 0.115. The Hall–Kier alpha value is -9.32. The highest BCUT2D eigenvalue weighted by Crippen LogP contribution is 2.52. The molecule has 0 spiro atoms. The molecule has 0 atom stereocenters. The first-order chi connectivity index (χ1) is 37.7. The van der Waals surface area contributed by atoms with Crippen LogP contribution in [0.2, 0.25) is 0 Å². The van der Waals surface area contributed by atoms with E-state index < -0.39 is 0 Å². The van der Waals surface area contributed by atoms with Gasteiger partial charge in [0.25, 0.3) is 6.71 Å². The molecule has 4 heterocycles. The van der Waals surface area contributed by atoms with Crippen molar-refractivity contribution in [2.75, 3.05) is 9.80 Å². The molecule has 0 unspecified atom stereocenters. The number of aromatic nitrogens is 2. The van der Waals surface area contributed by atoms with E-state index in [0.29, 0.717) is 0 Å². The molecule has 0 fully saturated rings. The standard InChI is InChI=1S/C72H55BN4/c1-46-59(74-63-36-20-14-30-53(63)54-31-15-21-37-64(54)74)42-40-57-70(46)76(61-34-18-12-28-51(61)48-24-8-6-9-25-48)67-44-50(72(3,4)5)45-68-69(67)73(57)58-41-43-60(75-65-38-22-16-32-55(65)56-33-17-23-39-66(56)75)47(2)71(58)77(68)62-35-19-13-29-52(62)49-26-10-7-11-27-49/h6-45H,1-5H3. The van der Waals surface area contributed by atoms with Gasteiger partial charge in [0.2, 0.25) is 0 Å². The third-order valence-corrected chi connectivity index (χ3v) is 16.8. The van der Waals surface area contributed by atoms with Crippen LogP contribution in [-0.2, 0) is 5.41 Å². The van der Waals surface area contributed by atoms with E-state index in [0.717, 1.165) is 11.4 Å². The van der Waals surface area contributed by atoms with Crippen LogP contribution in [0, 0.1) is 13.8 Å². The molecule has 77 heavy (non-hydrogen) atoms. The lowest BCUT2D eigenvalue weighted by Gasteiger charge is -2.47. The molecule has 15 rings (SSSR count). The minimum atomic E-state index is -0.212. The fourth-order valence-electron chi connectivity index (χ4n) is 13.3. The van der Waals surface area contributed by atoms with E-state index in [1.165, 1.54) is 133 Å². The maximum Gasteiger partial charge on any atom is 0.252 e. The maximum absolute atomic E-state index is 2.65. The number of benzene rings is 11. The van der Waals surface area contributed by atoms with Crippen LogP contribution in [0.3, 0.4) is 0 Å². The number of rotatable bonds is 6. The summed E-state index contributed by atoms with van der Waals surface area (Å²) in [7, 11) is 0. The first kappa shape index (κ1) is 45.1. The van der Waals surface area contributed by atoms with Gasteiger partial charge in [0.05, 0.1) is 44.8 Å². The van der Waals surface area contributed by atoms with Crippen molar-refractivity contribution < 1.29 is 0 Å². The van der Waals surface area contributed by atoms with Crippen LogP contribution in [0.1, 0.15) is 37.5 Å². The Balaban J connectivity index is 1.10. The molecule has 366 valence electrons. The number of nitrogens with zero attached hydrogens (tertiary/aromatic N) is 4. The van der Waals surface area contributed by atoms with Crippen LogP contribution in [0.5, 0.6) is 0 Å². The summed E-state index contributed by atoms with van der Waals surface area (Å²) in [5, 5.41) is 5.01. The first-order valence-corrected chi connectivity index (χ1v) is 27.1. The Morgan fingerprint density at radius 1 is 0.325 bits per heavy atom. The maximum atomic E-state index is 2.65. The van der Waals surface area contributed by atoms with Crippen molar-refractivity contribution in [2.24, 2.45) is 0 Å². The predicted molar refractivity (Wildman–Crippen MR) is 328 cm³/mol. The van der Waals surface area contributed by atoms with E-state index in [1.807, 2.05) is 0 Å². The first-order valence-electron chi connectivity index (χ1n) is 27.1. The lowest BCUT2D eigenvalue weighted by molar-refractivity contribution is 0.590. The van der Waals surface area contributed by atoms with Crippen molar-refractivity contribution in [3.63, 3.8) is 0 Å². The van der Waals surface area contributed by atoms with Crippen molar-refractivity contribution in [1.82, 2.24) is 9.13 Å². The average molecular weight is 987 g/mol. The summed E-state index contributed by atoms with van der Waals surface area (Å²) in [6.45, 7) is 11.7. The van der Waals surface area contributed by atoms with Gasteiger partial charge < -0.3 is 18.9 Å². The SMILES string of the molecule is Cc1c(-n2c3ccccc3c3ccccc32)ccc2c1N(c1ccccc1-c1ccccc1)c1cc(C(C)(C)C)cc3c1B2c1ccc(-n2c4ccccc4c4ccccc42)c(C)c1N3c1ccccc1-c1ccccc1. The highest BCUT2D eigenvalue weighted by atomic mass is 15.2. The lowest BCUT2D eigenvalue weighted by Crippen LogP contribution is -2.62. The Morgan fingerprint density at radius 3 is 1.04 bits per heavy atom. The van der Waals surface area contributed by atoms with Crippen LogP contribution in [0.15, 0.2) is 243 Å². The van der Waals surface area contributed by atoms with Gasteiger partial charge in [-0.1, -0.05) is 203 Å². The fourth-order valence-corrected chi connectivity index (χ4v) is 13.3. The number of hydrogen-bond donors (Lipinski definition) is 0. The second kappa shape index (κ2) is 17.1. The Kier molecular flexibility index (Phi) is 10.0. The topological polar surface area (TPSA) is 16.3 Å². The number of fused-ring (bicyclic) bond motifs is 10. The zero-order chi connectivity index (χ0) is 51.7. The quantitative estimate of drug-likeness (QED) is 0.154. The number of hydrogen-bond acceptors (Lipinski definition) is 2. The van der Waals surface area contributed by atoms with Gasteiger partial charge >= 0.3 is 0 Å². The van der Waals surface area contributed by atoms with Crippen LogP contribution >= 0.6 is 0 Å². The Bertz CT molecular complexity index is 4150. The summed E-state index contributed by atoms with van der Waals surface area (Å²) in [4.78, 5) is 5.31. The molecule has 0 amide bonds. The third-order valence-electron chi connectivity index (χ3n) is 16.8. The second-order valence-corrected chi connectivity index (χ2v) is 22.1. The molecule has 5 heteroatoms. The molecule has 0 radical (unpaired) electrons. The summed E-state index contributed by atoms with van der Waals surface area (Å²) in [5.41, 5.74) is 26.4. The Labute approximate surface area is 450 Å². The van der Waals surface area contributed by atoms with E-state index in [1.54, 1.807) is 0 Å². The largest absolute Gasteiger partial charge is 0.310 e. The van der Waals surface area contributed by atoms with Crippen LogP contribution in [-0.4, -0.2) is 15.8 Å². The molecule has 2 aromatic heterocycles. The average Bonchev–Trinajstić information content (AvgIpc) is 4.15. The molecule has 0 aliphatic carbocycles. The van der Waals surface area contributed by atoms with E-state index in [4.69, 9.17) is 0 Å². The summed E-state index contributed by atoms with van der Waals surface area (Å²) in [6.07, 6.45) is 0. The summed E-state index contributed by atoms with van der Waals surface area (Å²) < 4.78 is 5.01. The van der Waals surface area contributed by atoms with E-state index in [9.17, 15) is 0 Å². The van der Waals surface area contributed by atoms with Gasteiger partial charge in [-0.3, -0.25) is 0 Å². The van der Waals surface area contributed by atoms with Gasteiger partial charge in [-0.05, 0) is 124 Å². The monoisotopic (exact) mass is 986 g/mol. The van der Waals surface area contributed by atoms with Crippen LogP contribution in [0.4, 0.5) is 34.1 Å². The normalized spacial score (nSPS) is 12.9.